The van der Waals surface area contributed by atoms with Gasteiger partial charge in [0.15, 0.2) is 0 Å². The van der Waals surface area contributed by atoms with E-state index < -0.39 is 0 Å². The van der Waals surface area contributed by atoms with Gasteiger partial charge in [-0.3, -0.25) is 9.67 Å². The first-order chi connectivity index (χ1) is 17.6. The first kappa shape index (κ1) is 26.3. The Morgan fingerprint density at radius 1 is 1.00 bits per heavy atom. The summed E-state index contributed by atoms with van der Waals surface area (Å²) in [6.45, 7) is 2.58. The number of rotatable bonds is 6. The lowest BCUT2D eigenvalue weighted by atomic mass is 9.99. The van der Waals surface area contributed by atoms with Crippen molar-refractivity contribution < 1.29 is 9.47 Å². The van der Waals surface area contributed by atoms with Crippen molar-refractivity contribution in [1.29, 1.82) is 0 Å². The van der Waals surface area contributed by atoms with Crippen molar-refractivity contribution in [3.05, 3.63) is 55.0 Å². The minimum absolute atomic E-state index is 0. The molecule has 9 heteroatoms. The molecule has 1 fully saturated rings. The van der Waals surface area contributed by atoms with E-state index in [0.717, 1.165) is 71.1 Å². The third kappa shape index (κ3) is 6.13. The maximum Gasteiger partial charge on any atom is 0.124 e. The normalized spacial score (nSPS) is 13.4. The minimum Gasteiger partial charge on any atom is -0.497 e. The Kier molecular flexibility index (Phi) is 8.49. The van der Waals surface area contributed by atoms with E-state index in [1.54, 1.807) is 31.3 Å². The zero-order valence-electron chi connectivity index (χ0n) is 21.3. The number of fused-ring (bicyclic) bond motifs is 1. The van der Waals surface area contributed by atoms with E-state index >= 15 is 0 Å². The topological polar surface area (TPSA) is 77.3 Å². The minimum atomic E-state index is 0. The average molecular weight is 519 g/mol. The molecule has 1 N–H and O–H groups in total. The van der Waals surface area contributed by atoms with Crippen LogP contribution in [0.3, 0.4) is 0 Å². The molecule has 0 amide bonds. The number of aromatic nitrogens is 4. The fraction of sp³-hybridized carbons (Fsp3) is 0.321. The van der Waals surface area contributed by atoms with E-state index in [1.165, 1.54) is 0 Å². The summed E-state index contributed by atoms with van der Waals surface area (Å²) < 4.78 is 12.8. The summed E-state index contributed by atoms with van der Waals surface area (Å²) in [5.41, 5.74) is 5.25. The molecule has 0 aliphatic carbocycles. The molecule has 0 saturated carbocycles. The Labute approximate surface area is 223 Å². The lowest BCUT2D eigenvalue weighted by Crippen LogP contribution is -2.27. The first-order valence-corrected chi connectivity index (χ1v) is 12.1. The van der Waals surface area contributed by atoms with Crippen molar-refractivity contribution in [1.82, 2.24) is 25.1 Å². The summed E-state index contributed by atoms with van der Waals surface area (Å²) in [5, 5.41) is 7.66. The van der Waals surface area contributed by atoms with Crippen molar-refractivity contribution in [2.45, 2.75) is 12.8 Å². The average Bonchev–Trinajstić information content (AvgIpc) is 3.37. The molecular formula is C28H31ClN6O2. The molecule has 192 valence electrons. The van der Waals surface area contributed by atoms with Gasteiger partial charge in [0.1, 0.15) is 11.5 Å². The fourth-order valence-corrected chi connectivity index (χ4v) is 4.38. The largest absolute Gasteiger partial charge is 0.497 e. The second-order valence-corrected chi connectivity index (χ2v) is 8.83. The van der Waals surface area contributed by atoms with Crippen LogP contribution < -0.4 is 19.7 Å². The van der Waals surface area contributed by atoms with Gasteiger partial charge in [0.05, 0.1) is 49.9 Å². The summed E-state index contributed by atoms with van der Waals surface area (Å²) >= 11 is 0. The molecular weight excluding hydrogens is 488 g/mol. The van der Waals surface area contributed by atoms with Crippen molar-refractivity contribution in [3.8, 4) is 34.6 Å². The number of ether oxygens (including phenoxy) is 2. The Hall–Kier alpha value is -3.80. The van der Waals surface area contributed by atoms with Gasteiger partial charge < -0.3 is 19.7 Å². The number of hydrogen-bond acceptors (Lipinski definition) is 7. The van der Waals surface area contributed by atoms with Crippen LogP contribution in [0.2, 0.25) is 0 Å². The standard InChI is InChI=1S/C28H30N6O2.ClH/c1-33-19-21(17-31-33)28-18-30-26-7-6-22(15-27(26)32-28)34(12-4-5-20-8-10-29-11-9-20)23-13-24(35-2)16-25(14-23)36-3;/h6-7,13-20,29H,8-12H2,1-3H3;1H. The van der Waals surface area contributed by atoms with Crippen LogP contribution in [0, 0.1) is 17.8 Å². The Morgan fingerprint density at radius 2 is 1.76 bits per heavy atom. The number of aryl methyl sites for hydroxylation is 1. The predicted octanol–water partition coefficient (Wildman–Crippen LogP) is 4.61. The van der Waals surface area contributed by atoms with E-state index in [4.69, 9.17) is 14.5 Å². The molecule has 5 rings (SSSR count). The number of hydrogen-bond donors (Lipinski definition) is 1. The molecule has 2 aromatic carbocycles. The second-order valence-electron chi connectivity index (χ2n) is 8.83. The third-order valence-electron chi connectivity index (χ3n) is 6.37. The highest BCUT2D eigenvalue weighted by atomic mass is 35.5. The van der Waals surface area contributed by atoms with Gasteiger partial charge in [-0.15, -0.1) is 12.4 Å². The predicted molar refractivity (Wildman–Crippen MR) is 149 cm³/mol. The molecule has 2 aromatic heterocycles. The summed E-state index contributed by atoms with van der Waals surface area (Å²) in [5.74, 6) is 8.79. The zero-order valence-corrected chi connectivity index (χ0v) is 22.1. The highest BCUT2D eigenvalue weighted by molar-refractivity contribution is 5.85. The van der Waals surface area contributed by atoms with Gasteiger partial charge in [0, 0.05) is 54.3 Å². The number of methoxy groups -OCH3 is 2. The molecule has 4 aromatic rings. The molecule has 1 aliphatic rings. The molecule has 1 aliphatic heterocycles. The monoisotopic (exact) mass is 518 g/mol. The van der Waals surface area contributed by atoms with Gasteiger partial charge in [-0.1, -0.05) is 11.8 Å². The summed E-state index contributed by atoms with van der Waals surface area (Å²) in [7, 11) is 5.21. The van der Waals surface area contributed by atoms with Gasteiger partial charge in [0.25, 0.3) is 0 Å². The molecule has 0 atom stereocenters. The van der Waals surface area contributed by atoms with Crippen LogP contribution >= 0.6 is 12.4 Å². The van der Waals surface area contributed by atoms with Crippen LogP contribution in [0.1, 0.15) is 12.8 Å². The number of nitrogens with zero attached hydrogens (tertiary/aromatic N) is 5. The lowest BCUT2D eigenvalue weighted by Gasteiger charge is -2.24. The summed E-state index contributed by atoms with van der Waals surface area (Å²) in [6, 6.07) is 12.0. The van der Waals surface area contributed by atoms with Crippen molar-refractivity contribution in [2.24, 2.45) is 13.0 Å². The number of benzene rings is 2. The quantitative estimate of drug-likeness (QED) is 0.373. The summed E-state index contributed by atoms with van der Waals surface area (Å²) in [6.07, 6.45) is 7.69. The number of halogens is 1. The van der Waals surface area contributed by atoms with E-state index in [1.807, 2.05) is 37.5 Å². The molecule has 0 radical (unpaired) electrons. The molecule has 0 bridgehead atoms. The van der Waals surface area contributed by atoms with Gasteiger partial charge in [-0.2, -0.15) is 5.10 Å². The third-order valence-corrected chi connectivity index (χ3v) is 6.37. The molecule has 1 saturated heterocycles. The van der Waals surface area contributed by atoms with Crippen LogP contribution in [0.4, 0.5) is 11.4 Å². The maximum atomic E-state index is 5.54. The maximum absolute atomic E-state index is 5.54. The van der Waals surface area contributed by atoms with Gasteiger partial charge in [-0.05, 0) is 44.1 Å². The van der Waals surface area contributed by atoms with Crippen LogP contribution in [0.5, 0.6) is 11.5 Å². The van der Waals surface area contributed by atoms with Crippen molar-refractivity contribution >= 4 is 34.8 Å². The van der Waals surface area contributed by atoms with Crippen molar-refractivity contribution in [3.63, 3.8) is 0 Å². The highest BCUT2D eigenvalue weighted by Crippen LogP contribution is 2.34. The Morgan fingerprint density at radius 3 is 2.43 bits per heavy atom. The highest BCUT2D eigenvalue weighted by Gasteiger charge is 2.15. The van der Waals surface area contributed by atoms with E-state index in [2.05, 4.69) is 44.3 Å². The molecule has 0 unspecified atom stereocenters. The van der Waals surface area contributed by atoms with Crippen molar-refractivity contribution in [2.75, 3.05) is 38.8 Å². The fourth-order valence-electron chi connectivity index (χ4n) is 4.38. The van der Waals surface area contributed by atoms with Crippen LogP contribution in [-0.2, 0) is 7.05 Å². The van der Waals surface area contributed by atoms with Crippen LogP contribution in [0.15, 0.2) is 55.0 Å². The molecule has 8 nitrogen and oxygen atoms in total. The number of nitrogens with one attached hydrogen (secondary N) is 1. The number of piperidine rings is 1. The van der Waals surface area contributed by atoms with Gasteiger partial charge >= 0.3 is 0 Å². The molecule has 3 heterocycles. The Bertz CT molecular complexity index is 1400. The van der Waals surface area contributed by atoms with E-state index in [0.29, 0.717) is 12.5 Å². The first-order valence-electron chi connectivity index (χ1n) is 12.1. The lowest BCUT2D eigenvalue weighted by molar-refractivity contribution is 0.394. The Balaban J connectivity index is 0.00000320. The van der Waals surface area contributed by atoms with Gasteiger partial charge in [0.2, 0.25) is 0 Å². The smallest absolute Gasteiger partial charge is 0.124 e. The number of anilines is 2. The van der Waals surface area contributed by atoms with Gasteiger partial charge in [-0.25, -0.2) is 4.98 Å². The molecule has 0 spiro atoms. The second kappa shape index (κ2) is 12.0. The zero-order chi connectivity index (χ0) is 24.9. The SMILES string of the molecule is COc1cc(OC)cc(N(CC#CC2CCNCC2)c2ccc3ncc(-c4cnn(C)c4)nc3c2)c1.Cl. The van der Waals surface area contributed by atoms with E-state index in [9.17, 15) is 0 Å². The van der Waals surface area contributed by atoms with Crippen LogP contribution in [0.25, 0.3) is 22.3 Å². The van der Waals surface area contributed by atoms with Crippen LogP contribution in [-0.4, -0.2) is 53.6 Å². The molecule has 37 heavy (non-hydrogen) atoms. The van der Waals surface area contributed by atoms with E-state index in [-0.39, 0.29) is 12.4 Å². The summed E-state index contributed by atoms with van der Waals surface area (Å²) in [4.78, 5) is 11.7.